The Balaban J connectivity index is 0.00000179. The first kappa shape index (κ1) is 32.8. The number of anilines is 1. The van der Waals surface area contributed by atoms with Gasteiger partial charge in [-0.15, -0.1) is 0 Å². The molecule has 3 atom stereocenters. The molecule has 6 heterocycles. The molecule has 0 amide bonds. The number of ether oxygens (including phenoxy) is 1. The number of aromatic nitrogens is 3. The van der Waals surface area contributed by atoms with Crippen molar-refractivity contribution >= 4 is 27.5 Å². The zero-order valence-corrected chi connectivity index (χ0v) is 27.6. The van der Waals surface area contributed by atoms with Crippen molar-refractivity contribution in [2.24, 2.45) is 0 Å². The van der Waals surface area contributed by atoms with Crippen LogP contribution in [0.25, 0.3) is 32.9 Å². The van der Waals surface area contributed by atoms with Gasteiger partial charge in [0.25, 0.3) is 0 Å². The van der Waals surface area contributed by atoms with Gasteiger partial charge in [-0.25, -0.2) is 22.5 Å². The number of fused-ring (bicyclic) bond motifs is 4. The molecule has 256 valence electrons. The number of nitrogens with one attached hydrogen (secondary N) is 1. The van der Waals surface area contributed by atoms with Crippen LogP contribution in [-0.2, 0) is 12.8 Å². The standard InChI is InChI=1S/C34H36F4N6O2.C2H6/c1-2-20-22(35)9-8-18-14-19(45)15-21(26(18)20)29-28(37)30-27-23(39-29)6-3-7-24-31(38)40-25(36)16-44(24)32(27)42-33(41-30)46-17-34-10-4-12-43(34)13-5-11-34;1-2/h8-9,14-15,24-25,31,40,45H,2-7,10-13,16-17H2,1H3;1-2H3. The maximum atomic E-state index is 17.0. The lowest BCUT2D eigenvalue weighted by Crippen LogP contribution is -2.60. The predicted octanol–water partition coefficient (Wildman–Crippen LogP) is 7.13. The van der Waals surface area contributed by atoms with Gasteiger partial charge in [0.2, 0.25) is 0 Å². The van der Waals surface area contributed by atoms with Crippen LogP contribution in [0, 0.1) is 11.6 Å². The third-order valence-corrected chi connectivity index (χ3v) is 10.5. The number of benzene rings is 2. The molecule has 4 aliphatic heterocycles. The van der Waals surface area contributed by atoms with Gasteiger partial charge in [0, 0.05) is 5.56 Å². The number of hydrogen-bond donors (Lipinski definition) is 2. The Hall–Kier alpha value is -3.77. The smallest absolute Gasteiger partial charge is 0.319 e. The molecule has 0 spiro atoms. The maximum Gasteiger partial charge on any atom is 0.319 e. The fourth-order valence-corrected chi connectivity index (χ4v) is 8.36. The Kier molecular flexibility index (Phi) is 8.82. The van der Waals surface area contributed by atoms with Gasteiger partial charge in [-0.1, -0.05) is 26.8 Å². The minimum Gasteiger partial charge on any atom is -0.508 e. The quantitative estimate of drug-likeness (QED) is 0.172. The minimum absolute atomic E-state index is 0.0673. The molecule has 2 N–H and O–H groups in total. The van der Waals surface area contributed by atoms with Crippen molar-refractivity contribution in [2.45, 2.75) is 96.3 Å². The number of aromatic hydroxyl groups is 1. The molecule has 0 radical (unpaired) electrons. The fraction of sp³-hybridized carbons (Fsp3) is 0.528. The largest absolute Gasteiger partial charge is 0.508 e. The van der Waals surface area contributed by atoms with E-state index in [0.717, 1.165) is 38.8 Å². The summed E-state index contributed by atoms with van der Waals surface area (Å²) in [6, 6.07) is 5.01. The summed E-state index contributed by atoms with van der Waals surface area (Å²) >= 11 is 0. The second-order valence-electron chi connectivity index (χ2n) is 13.1. The van der Waals surface area contributed by atoms with Gasteiger partial charge >= 0.3 is 6.01 Å². The Morgan fingerprint density at radius 2 is 1.79 bits per heavy atom. The van der Waals surface area contributed by atoms with E-state index in [-0.39, 0.29) is 51.8 Å². The fourth-order valence-electron chi connectivity index (χ4n) is 8.36. The summed E-state index contributed by atoms with van der Waals surface area (Å²) in [5.74, 6) is -1.15. The van der Waals surface area contributed by atoms with E-state index < -0.39 is 30.3 Å². The Morgan fingerprint density at radius 3 is 2.54 bits per heavy atom. The van der Waals surface area contributed by atoms with Gasteiger partial charge in [-0.3, -0.25) is 10.2 Å². The number of phenols is 1. The van der Waals surface area contributed by atoms with Crippen molar-refractivity contribution < 1.29 is 27.4 Å². The van der Waals surface area contributed by atoms with Crippen molar-refractivity contribution in [3.8, 4) is 23.0 Å². The lowest BCUT2D eigenvalue weighted by atomic mass is 9.93. The van der Waals surface area contributed by atoms with E-state index >= 15 is 13.2 Å². The van der Waals surface area contributed by atoms with Crippen molar-refractivity contribution in [1.29, 1.82) is 0 Å². The molecule has 48 heavy (non-hydrogen) atoms. The van der Waals surface area contributed by atoms with E-state index in [1.165, 1.54) is 18.2 Å². The maximum absolute atomic E-state index is 17.0. The summed E-state index contributed by atoms with van der Waals surface area (Å²) in [4.78, 5) is 18.1. The zero-order valence-electron chi connectivity index (χ0n) is 27.6. The molecular formula is C36H42F4N6O2. The number of alkyl halides is 2. The highest BCUT2D eigenvalue weighted by atomic mass is 19.2. The molecule has 8 nitrogen and oxygen atoms in total. The molecule has 3 unspecified atom stereocenters. The van der Waals surface area contributed by atoms with Gasteiger partial charge < -0.3 is 14.7 Å². The highest BCUT2D eigenvalue weighted by Gasteiger charge is 2.45. The number of hydrogen-bond acceptors (Lipinski definition) is 8. The molecule has 4 aliphatic rings. The van der Waals surface area contributed by atoms with Crippen molar-refractivity contribution in [3.63, 3.8) is 0 Å². The third kappa shape index (κ3) is 5.41. The second kappa shape index (κ2) is 12.9. The highest BCUT2D eigenvalue weighted by molar-refractivity contribution is 6.02. The van der Waals surface area contributed by atoms with Crippen LogP contribution < -0.4 is 15.0 Å². The highest BCUT2D eigenvalue weighted by Crippen LogP contribution is 2.43. The van der Waals surface area contributed by atoms with Gasteiger partial charge in [-0.2, -0.15) is 9.97 Å². The average Bonchev–Trinajstić information content (AvgIpc) is 3.66. The Morgan fingerprint density at radius 1 is 1.02 bits per heavy atom. The van der Waals surface area contributed by atoms with Crippen LogP contribution in [0.15, 0.2) is 24.3 Å². The van der Waals surface area contributed by atoms with Gasteiger partial charge in [0.15, 0.2) is 18.4 Å². The molecule has 0 saturated carbocycles. The summed E-state index contributed by atoms with van der Waals surface area (Å²) < 4.78 is 68.5. The van der Waals surface area contributed by atoms with Gasteiger partial charge in [0.05, 0.1) is 29.2 Å². The molecular weight excluding hydrogens is 624 g/mol. The predicted molar refractivity (Wildman–Crippen MR) is 178 cm³/mol. The number of pyridine rings is 1. The monoisotopic (exact) mass is 666 g/mol. The SMILES string of the molecule is CC.CCc1c(F)ccc2cc(O)cc(-c3nc4c5c(nc(OCC67CCCN6CCC7)nc5c3F)N3CC(F)NC(F)C3CCC4)c12. The minimum atomic E-state index is -1.66. The van der Waals surface area contributed by atoms with Gasteiger partial charge in [-0.05, 0) is 99.0 Å². The molecule has 3 fully saturated rings. The van der Waals surface area contributed by atoms with Crippen molar-refractivity contribution in [2.75, 3.05) is 31.1 Å². The van der Waals surface area contributed by atoms with Crippen LogP contribution in [-0.4, -0.2) is 75.4 Å². The van der Waals surface area contributed by atoms with E-state index in [4.69, 9.17) is 14.7 Å². The molecule has 0 bridgehead atoms. The van der Waals surface area contributed by atoms with E-state index in [0.29, 0.717) is 54.3 Å². The summed E-state index contributed by atoms with van der Waals surface area (Å²) in [5, 5.41) is 14.3. The molecule has 0 aliphatic carbocycles. The first-order valence-electron chi connectivity index (χ1n) is 17.3. The summed E-state index contributed by atoms with van der Waals surface area (Å²) in [6.07, 6.45) is 2.36. The van der Waals surface area contributed by atoms with Crippen molar-refractivity contribution in [1.82, 2.24) is 25.2 Å². The first-order chi connectivity index (χ1) is 23.3. The molecule has 2 aromatic heterocycles. The van der Waals surface area contributed by atoms with Crippen LogP contribution in [0.4, 0.5) is 23.4 Å². The molecule has 2 aromatic carbocycles. The average molecular weight is 667 g/mol. The number of phenolic OH excluding ortho intramolecular Hbond substituents is 1. The summed E-state index contributed by atoms with van der Waals surface area (Å²) in [5.41, 5.74) is 0.795. The topological polar surface area (TPSA) is 86.6 Å². The second-order valence-corrected chi connectivity index (χ2v) is 13.1. The van der Waals surface area contributed by atoms with Crippen LogP contribution >= 0.6 is 0 Å². The normalized spacial score (nSPS) is 23.3. The zero-order chi connectivity index (χ0) is 33.7. The lowest BCUT2D eigenvalue weighted by Gasteiger charge is -2.42. The molecule has 3 saturated heterocycles. The van der Waals surface area contributed by atoms with Crippen LogP contribution in [0.5, 0.6) is 11.8 Å². The third-order valence-electron chi connectivity index (χ3n) is 10.5. The van der Waals surface area contributed by atoms with Crippen LogP contribution in [0.2, 0.25) is 0 Å². The van der Waals surface area contributed by atoms with Gasteiger partial charge in [0.1, 0.15) is 35.2 Å². The number of aryl methyl sites for hydroxylation is 2. The summed E-state index contributed by atoms with van der Waals surface area (Å²) in [6.45, 7) is 7.94. The summed E-state index contributed by atoms with van der Waals surface area (Å²) in [7, 11) is 0. The lowest BCUT2D eigenvalue weighted by molar-refractivity contribution is 0.102. The van der Waals surface area contributed by atoms with Crippen molar-refractivity contribution in [3.05, 3.63) is 47.2 Å². The van der Waals surface area contributed by atoms with E-state index in [2.05, 4.69) is 15.2 Å². The first-order valence-corrected chi connectivity index (χ1v) is 17.3. The Bertz CT molecular complexity index is 1850. The van der Waals surface area contributed by atoms with E-state index in [1.807, 2.05) is 20.8 Å². The molecule has 4 aromatic rings. The van der Waals surface area contributed by atoms with E-state index in [9.17, 15) is 9.50 Å². The van der Waals surface area contributed by atoms with E-state index in [1.54, 1.807) is 11.0 Å². The number of piperazine rings is 1. The van der Waals surface area contributed by atoms with Crippen LogP contribution in [0.3, 0.4) is 0 Å². The Labute approximate surface area is 277 Å². The van der Waals surface area contributed by atoms with Crippen LogP contribution in [0.1, 0.15) is 70.6 Å². The molecule has 12 heteroatoms. The molecule has 8 rings (SSSR count). The number of rotatable bonds is 5. The number of halogens is 4. The number of nitrogens with zero attached hydrogens (tertiary/aromatic N) is 5.